The fraction of sp³-hybridized carbons (Fsp3) is 0.571. The fourth-order valence-corrected chi connectivity index (χ4v) is 7.19. The van der Waals surface area contributed by atoms with E-state index in [0.29, 0.717) is 30.5 Å². The van der Waals surface area contributed by atoms with E-state index in [-0.39, 0.29) is 53.6 Å². The molecular formula is C21H27N3O5S. The molecule has 8 nitrogen and oxygen atoms in total. The van der Waals surface area contributed by atoms with E-state index in [1.54, 1.807) is 36.4 Å². The van der Waals surface area contributed by atoms with E-state index < -0.39 is 10.0 Å². The molecule has 1 N–H and O–H groups in total. The standard InChI is InChI=1S/C21H27N3O5S/c1-3-19(25)22-14-4-7-18(13(2)10-14)30(28,29)24-15-5-6-16(24)12-17(11-15)23-20(26)8-9-21(23)27/h4,7,10,15-17H,3,5-6,8-9,11-12H2,1-2H3,(H,22,25). The minimum Gasteiger partial charge on any atom is -0.326 e. The normalized spacial score (nSPS) is 27.0. The SMILES string of the molecule is CCC(=O)Nc1ccc(S(=O)(=O)N2C3CCC2CC(N2C(=O)CCC2=O)C3)c(C)c1. The number of benzene rings is 1. The summed E-state index contributed by atoms with van der Waals surface area (Å²) in [5.41, 5.74) is 1.15. The highest BCUT2D eigenvalue weighted by Gasteiger charge is 2.50. The third-order valence-electron chi connectivity index (χ3n) is 6.43. The van der Waals surface area contributed by atoms with Gasteiger partial charge >= 0.3 is 0 Å². The van der Waals surface area contributed by atoms with E-state index in [0.717, 1.165) is 12.8 Å². The molecule has 3 aliphatic heterocycles. The lowest BCUT2D eigenvalue weighted by atomic mass is 9.98. The molecule has 1 aromatic rings. The van der Waals surface area contributed by atoms with Gasteiger partial charge in [-0.15, -0.1) is 0 Å². The van der Waals surface area contributed by atoms with Crippen molar-refractivity contribution in [3.8, 4) is 0 Å². The average molecular weight is 434 g/mol. The van der Waals surface area contributed by atoms with Gasteiger partial charge in [0, 0.05) is 43.1 Å². The molecule has 162 valence electrons. The topological polar surface area (TPSA) is 104 Å². The van der Waals surface area contributed by atoms with Gasteiger partial charge in [0.1, 0.15) is 0 Å². The number of nitrogens with one attached hydrogen (secondary N) is 1. The Morgan fingerprint density at radius 3 is 2.20 bits per heavy atom. The molecule has 0 spiro atoms. The monoisotopic (exact) mass is 433 g/mol. The Labute approximate surface area is 176 Å². The molecule has 2 unspecified atom stereocenters. The van der Waals surface area contributed by atoms with Crippen LogP contribution in [0.2, 0.25) is 0 Å². The number of hydrogen-bond acceptors (Lipinski definition) is 5. The predicted molar refractivity (Wildman–Crippen MR) is 110 cm³/mol. The predicted octanol–water partition coefficient (Wildman–Crippen LogP) is 2.18. The Bertz CT molecular complexity index is 976. The Hall–Kier alpha value is -2.26. The van der Waals surface area contributed by atoms with Crippen LogP contribution in [0, 0.1) is 6.92 Å². The highest BCUT2D eigenvalue weighted by Crippen LogP contribution is 2.42. The van der Waals surface area contributed by atoms with Crippen LogP contribution in [0.25, 0.3) is 0 Å². The number of fused-ring (bicyclic) bond motifs is 2. The first-order valence-corrected chi connectivity index (χ1v) is 11.9. The molecule has 3 aliphatic rings. The number of aryl methyl sites for hydroxylation is 1. The molecule has 2 atom stereocenters. The van der Waals surface area contributed by atoms with Crippen molar-refractivity contribution < 1.29 is 22.8 Å². The molecular weight excluding hydrogens is 406 g/mol. The van der Waals surface area contributed by atoms with Crippen LogP contribution >= 0.6 is 0 Å². The van der Waals surface area contributed by atoms with E-state index in [2.05, 4.69) is 5.32 Å². The summed E-state index contributed by atoms with van der Waals surface area (Å²) in [5.74, 6) is -0.404. The second kappa shape index (κ2) is 7.77. The van der Waals surface area contributed by atoms with E-state index in [4.69, 9.17) is 0 Å². The summed E-state index contributed by atoms with van der Waals surface area (Å²) in [5, 5.41) is 2.75. The summed E-state index contributed by atoms with van der Waals surface area (Å²) in [6, 6.07) is 4.22. The third kappa shape index (κ3) is 3.54. The van der Waals surface area contributed by atoms with Crippen LogP contribution in [0.5, 0.6) is 0 Å². The second-order valence-corrected chi connectivity index (χ2v) is 10.2. The van der Waals surface area contributed by atoms with Crippen LogP contribution in [-0.2, 0) is 24.4 Å². The van der Waals surface area contributed by atoms with Gasteiger partial charge < -0.3 is 5.32 Å². The van der Waals surface area contributed by atoms with Gasteiger partial charge in [0.05, 0.1) is 4.90 Å². The van der Waals surface area contributed by atoms with Crippen molar-refractivity contribution in [1.82, 2.24) is 9.21 Å². The molecule has 9 heteroatoms. The maximum Gasteiger partial charge on any atom is 0.243 e. The minimum absolute atomic E-state index is 0.129. The number of carbonyl (C=O) groups excluding carboxylic acids is 3. The van der Waals surface area contributed by atoms with E-state index >= 15 is 0 Å². The van der Waals surface area contributed by atoms with Crippen molar-refractivity contribution in [2.75, 3.05) is 5.32 Å². The zero-order valence-electron chi connectivity index (χ0n) is 17.3. The molecule has 4 rings (SSSR count). The minimum atomic E-state index is -3.72. The third-order valence-corrected chi connectivity index (χ3v) is 8.60. The zero-order valence-corrected chi connectivity index (χ0v) is 18.1. The van der Waals surface area contributed by atoms with Crippen molar-refractivity contribution in [3.05, 3.63) is 23.8 Å². The molecule has 0 aliphatic carbocycles. The molecule has 1 aromatic carbocycles. The van der Waals surface area contributed by atoms with Gasteiger partial charge in [0.25, 0.3) is 0 Å². The van der Waals surface area contributed by atoms with E-state index in [1.807, 2.05) is 0 Å². The van der Waals surface area contributed by atoms with Crippen LogP contribution in [0.4, 0.5) is 5.69 Å². The van der Waals surface area contributed by atoms with Crippen LogP contribution in [0.1, 0.15) is 57.4 Å². The largest absolute Gasteiger partial charge is 0.326 e. The van der Waals surface area contributed by atoms with Crippen LogP contribution in [0.3, 0.4) is 0 Å². The number of rotatable bonds is 5. The molecule has 3 amide bonds. The number of piperidine rings is 1. The van der Waals surface area contributed by atoms with Gasteiger partial charge in [0.2, 0.25) is 27.7 Å². The van der Waals surface area contributed by atoms with Crippen LogP contribution in [-0.4, -0.2) is 53.5 Å². The Balaban J connectivity index is 1.56. The lowest BCUT2D eigenvalue weighted by Crippen LogP contribution is -2.53. The summed E-state index contributed by atoms with van der Waals surface area (Å²) in [6.45, 7) is 3.48. The van der Waals surface area contributed by atoms with Crippen molar-refractivity contribution in [1.29, 1.82) is 0 Å². The number of amides is 3. The second-order valence-electron chi connectivity index (χ2n) is 8.38. The molecule has 0 saturated carbocycles. The first kappa shape index (κ1) is 21.0. The van der Waals surface area contributed by atoms with E-state index in [9.17, 15) is 22.8 Å². The molecule has 3 heterocycles. The summed E-state index contributed by atoms with van der Waals surface area (Å²) < 4.78 is 28.6. The summed E-state index contributed by atoms with van der Waals surface area (Å²) in [6.07, 6.45) is 3.33. The first-order chi connectivity index (χ1) is 14.2. The molecule has 3 saturated heterocycles. The highest BCUT2D eigenvalue weighted by atomic mass is 32.2. The Kier molecular flexibility index (Phi) is 5.44. The van der Waals surface area contributed by atoms with Gasteiger partial charge in [0.15, 0.2) is 0 Å². The lowest BCUT2D eigenvalue weighted by Gasteiger charge is -2.40. The maximum absolute atomic E-state index is 13.5. The Morgan fingerprint density at radius 2 is 1.67 bits per heavy atom. The number of likely N-dealkylation sites (tertiary alicyclic amines) is 1. The lowest BCUT2D eigenvalue weighted by molar-refractivity contribution is -0.142. The number of anilines is 1. The fourth-order valence-electron chi connectivity index (χ4n) is 5.09. The smallest absolute Gasteiger partial charge is 0.243 e. The first-order valence-electron chi connectivity index (χ1n) is 10.5. The summed E-state index contributed by atoms with van der Waals surface area (Å²) in [7, 11) is -3.72. The molecule has 0 radical (unpaired) electrons. The van der Waals surface area contributed by atoms with Gasteiger partial charge in [-0.3, -0.25) is 19.3 Å². The van der Waals surface area contributed by atoms with Crippen molar-refractivity contribution in [2.24, 2.45) is 0 Å². The summed E-state index contributed by atoms with van der Waals surface area (Å²) >= 11 is 0. The number of carbonyl (C=O) groups is 3. The van der Waals surface area contributed by atoms with Crippen molar-refractivity contribution in [3.63, 3.8) is 0 Å². The summed E-state index contributed by atoms with van der Waals surface area (Å²) in [4.78, 5) is 37.5. The Morgan fingerprint density at radius 1 is 1.07 bits per heavy atom. The van der Waals surface area contributed by atoms with Gasteiger partial charge in [-0.1, -0.05) is 6.92 Å². The highest BCUT2D eigenvalue weighted by molar-refractivity contribution is 7.89. The molecule has 30 heavy (non-hydrogen) atoms. The number of imide groups is 1. The molecule has 2 bridgehead atoms. The zero-order chi connectivity index (χ0) is 21.6. The molecule has 0 aromatic heterocycles. The average Bonchev–Trinajstić information content (AvgIpc) is 3.17. The van der Waals surface area contributed by atoms with Crippen LogP contribution < -0.4 is 5.32 Å². The van der Waals surface area contributed by atoms with Gasteiger partial charge in [-0.05, 0) is 56.4 Å². The number of hydrogen-bond donors (Lipinski definition) is 1. The molecule has 3 fully saturated rings. The maximum atomic E-state index is 13.5. The van der Waals surface area contributed by atoms with Crippen LogP contribution in [0.15, 0.2) is 23.1 Å². The number of sulfonamides is 1. The van der Waals surface area contributed by atoms with E-state index in [1.165, 1.54) is 4.90 Å². The quantitative estimate of drug-likeness (QED) is 0.717. The van der Waals surface area contributed by atoms with Crippen molar-refractivity contribution >= 4 is 33.4 Å². The number of nitrogens with zero attached hydrogens (tertiary/aromatic N) is 2. The van der Waals surface area contributed by atoms with Gasteiger partial charge in [-0.2, -0.15) is 4.31 Å². The van der Waals surface area contributed by atoms with Gasteiger partial charge in [-0.25, -0.2) is 8.42 Å². The van der Waals surface area contributed by atoms with Crippen molar-refractivity contribution in [2.45, 2.75) is 81.8 Å².